The number of halogens is 5. The monoisotopic (exact) mass is 505 g/mol. The Labute approximate surface area is 178 Å². The lowest BCUT2D eigenvalue weighted by Gasteiger charge is -2.10. The lowest BCUT2D eigenvalue weighted by molar-refractivity contribution is -0.137. The molecule has 0 aliphatic carbocycles. The van der Waals surface area contributed by atoms with Crippen LogP contribution in [0.5, 0.6) is 5.75 Å². The van der Waals surface area contributed by atoms with Crippen LogP contribution in [-0.4, -0.2) is 13.4 Å². The van der Waals surface area contributed by atoms with Crippen LogP contribution in [0.3, 0.4) is 0 Å². The molecule has 0 fully saturated rings. The molecule has 0 radical (unpaired) electrons. The Morgan fingerprint density at radius 2 is 1.66 bits per heavy atom. The van der Waals surface area contributed by atoms with Crippen LogP contribution in [0.4, 0.5) is 13.2 Å². The Morgan fingerprint density at radius 3 is 2.21 bits per heavy atom. The van der Waals surface area contributed by atoms with E-state index >= 15 is 0 Å². The summed E-state index contributed by atoms with van der Waals surface area (Å²) in [5.74, 6) is 0.100. The Hall–Kier alpha value is -2.10. The van der Waals surface area contributed by atoms with E-state index in [1.807, 2.05) is 0 Å². The smallest absolute Gasteiger partial charge is 0.379 e. The van der Waals surface area contributed by atoms with E-state index in [1.165, 1.54) is 24.3 Å². The molecule has 0 saturated heterocycles. The van der Waals surface area contributed by atoms with E-state index in [2.05, 4.69) is 20.9 Å². The van der Waals surface area contributed by atoms with Gasteiger partial charge in [0, 0.05) is 17.1 Å². The molecule has 0 amide bonds. The minimum absolute atomic E-state index is 0.00510. The van der Waals surface area contributed by atoms with Gasteiger partial charge in [0.1, 0.15) is 10.6 Å². The Balaban J connectivity index is 1.73. The van der Waals surface area contributed by atoms with Gasteiger partial charge in [0.2, 0.25) is 0 Å². The van der Waals surface area contributed by atoms with E-state index < -0.39 is 21.9 Å². The van der Waals surface area contributed by atoms with Gasteiger partial charge in [-0.15, -0.1) is 0 Å². The summed E-state index contributed by atoms with van der Waals surface area (Å²) < 4.78 is 68.5. The van der Waals surface area contributed by atoms with Crippen molar-refractivity contribution in [3.8, 4) is 5.75 Å². The van der Waals surface area contributed by atoms with Crippen LogP contribution in [-0.2, 0) is 22.7 Å². The number of nitrogens with zero attached hydrogens (tertiary/aromatic N) is 1. The van der Waals surface area contributed by atoms with Crippen LogP contribution < -0.4 is 4.18 Å². The summed E-state index contributed by atoms with van der Waals surface area (Å²) in [6.45, 7) is 0. The third-order valence-electron chi connectivity index (χ3n) is 3.85. The zero-order chi connectivity index (χ0) is 21.2. The van der Waals surface area contributed by atoms with E-state index in [1.54, 1.807) is 24.3 Å². The van der Waals surface area contributed by atoms with E-state index in [0.717, 1.165) is 16.7 Å². The molecule has 4 nitrogen and oxygen atoms in total. The van der Waals surface area contributed by atoms with Gasteiger partial charge in [0.05, 0.1) is 16.3 Å². The first-order valence-corrected chi connectivity index (χ1v) is 10.6. The average Bonchev–Trinajstić information content (AvgIpc) is 2.64. The van der Waals surface area contributed by atoms with Crippen molar-refractivity contribution in [2.24, 2.45) is 0 Å². The van der Waals surface area contributed by atoms with Crippen molar-refractivity contribution < 1.29 is 25.8 Å². The average molecular weight is 507 g/mol. The third-order valence-corrected chi connectivity index (χ3v) is 5.97. The van der Waals surface area contributed by atoms with Crippen molar-refractivity contribution in [1.29, 1.82) is 0 Å². The third kappa shape index (κ3) is 5.49. The van der Waals surface area contributed by atoms with E-state index in [9.17, 15) is 21.6 Å². The van der Waals surface area contributed by atoms with Gasteiger partial charge in [-0.1, -0.05) is 39.7 Å². The Bertz CT molecular complexity index is 1120. The summed E-state index contributed by atoms with van der Waals surface area (Å²) in [5.41, 5.74) is 0.0245. The molecule has 0 atom stereocenters. The highest BCUT2D eigenvalue weighted by atomic mass is 79.9. The van der Waals surface area contributed by atoms with Gasteiger partial charge in [-0.25, -0.2) is 0 Å². The van der Waals surface area contributed by atoms with Crippen molar-refractivity contribution in [2.45, 2.75) is 17.5 Å². The summed E-state index contributed by atoms with van der Waals surface area (Å²) in [5, 5.41) is -0.0991. The normalized spacial score (nSPS) is 12.0. The number of alkyl halides is 3. The van der Waals surface area contributed by atoms with Crippen LogP contribution in [0.1, 0.15) is 16.8 Å². The van der Waals surface area contributed by atoms with Crippen LogP contribution >= 0.6 is 27.5 Å². The molecule has 10 heteroatoms. The predicted octanol–water partition coefficient (Wildman–Crippen LogP) is 5.87. The SMILES string of the molecule is O=S(=O)(Oc1ccc(Cc2ncc(C(F)(F)F)cc2Cl)cc1)c1ccc(Br)cc1. The maximum Gasteiger partial charge on any atom is 0.417 e. The summed E-state index contributed by atoms with van der Waals surface area (Å²) in [6, 6.07) is 12.9. The quantitative estimate of drug-likeness (QED) is 0.406. The molecule has 0 bridgehead atoms. The first kappa shape index (κ1) is 21.6. The first-order valence-electron chi connectivity index (χ1n) is 8.05. The molecule has 1 heterocycles. The fourth-order valence-corrected chi connectivity index (χ4v) is 3.81. The molecule has 0 aliphatic rings. The van der Waals surface area contributed by atoms with Crippen molar-refractivity contribution in [1.82, 2.24) is 4.98 Å². The highest BCUT2D eigenvalue weighted by molar-refractivity contribution is 9.10. The summed E-state index contributed by atoms with van der Waals surface area (Å²) in [6.07, 6.45) is -3.62. The maximum atomic E-state index is 12.7. The topological polar surface area (TPSA) is 56.3 Å². The van der Waals surface area contributed by atoms with Gasteiger partial charge in [0.15, 0.2) is 0 Å². The summed E-state index contributed by atoms with van der Waals surface area (Å²) >= 11 is 9.14. The fraction of sp³-hybridized carbons (Fsp3) is 0.105. The second-order valence-corrected chi connectivity index (χ2v) is 8.83. The highest BCUT2D eigenvalue weighted by Gasteiger charge is 2.31. The zero-order valence-corrected chi connectivity index (χ0v) is 17.6. The second kappa shape index (κ2) is 8.33. The molecular weight excluding hydrogens is 495 g/mol. The molecule has 29 heavy (non-hydrogen) atoms. The molecule has 3 aromatic rings. The molecule has 0 saturated carbocycles. The van der Waals surface area contributed by atoms with Crippen molar-refractivity contribution in [3.63, 3.8) is 0 Å². The predicted molar refractivity (Wildman–Crippen MR) is 105 cm³/mol. The molecule has 0 spiro atoms. The van der Waals surface area contributed by atoms with Gasteiger partial charge >= 0.3 is 16.3 Å². The van der Waals surface area contributed by atoms with Gasteiger partial charge in [-0.3, -0.25) is 4.98 Å². The Morgan fingerprint density at radius 1 is 1.03 bits per heavy atom. The van der Waals surface area contributed by atoms with Crippen LogP contribution in [0.25, 0.3) is 0 Å². The molecule has 152 valence electrons. The molecule has 3 rings (SSSR count). The second-order valence-electron chi connectivity index (χ2n) is 5.96. The number of rotatable bonds is 5. The molecule has 1 aromatic heterocycles. The van der Waals surface area contributed by atoms with E-state index in [-0.39, 0.29) is 27.8 Å². The fourth-order valence-electron chi connectivity index (χ4n) is 2.38. The molecule has 0 N–H and O–H groups in total. The van der Waals surface area contributed by atoms with E-state index in [0.29, 0.717) is 5.56 Å². The lowest BCUT2D eigenvalue weighted by Crippen LogP contribution is -2.09. The summed E-state index contributed by atoms with van der Waals surface area (Å²) in [7, 11) is -3.99. The summed E-state index contributed by atoms with van der Waals surface area (Å²) in [4.78, 5) is 3.79. The van der Waals surface area contributed by atoms with Crippen molar-refractivity contribution in [2.75, 3.05) is 0 Å². The van der Waals surface area contributed by atoms with E-state index in [4.69, 9.17) is 15.8 Å². The molecule has 0 aliphatic heterocycles. The highest BCUT2D eigenvalue weighted by Crippen LogP contribution is 2.31. The zero-order valence-electron chi connectivity index (χ0n) is 14.5. The van der Waals surface area contributed by atoms with Crippen LogP contribution in [0.15, 0.2) is 70.2 Å². The van der Waals surface area contributed by atoms with Crippen LogP contribution in [0, 0.1) is 0 Å². The number of hydrogen-bond donors (Lipinski definition) is 0. The number of hydrogen-bond acceptors (Lipinski definition) is 4. The maximum absolute atomic E-state index is 12.7. The number of aromatic nitrogens is 1. The lowest BCUT2D eigenvalue weighted by atomic mass is 10.1. The van der Waals surface area contributed by atoms with Crippen molar-refractivity contribution >= 4 is 37.6 Å². The van der Waals surface area contributed by atoms with Crippen LogP contribution in [0.2, 0.25) is 5.02 Å². The number of benzene rings is 2. The minimum Gasteiger partial charge on any atom is -0.379 e. The molecule has 2 aromatic carbocycles. The first-order chi connectivity index (χ1) is 13.5. The molecular formula is C19H12BrClF3NO3S. The van der Waals surface area contributed by atoms with Crippen molar-refractivity contribution in [3.05, 3.63) is 87.1 Å². The van der Waals surface area contributed by atoms with Gasteiger partial charge < -0.3 is 4.18 Å². The van der Waals surface area contributed by atoms with Gasteiger partial charge in [0.25, 0.3) is 0 Å². The van der Waals surface area contributed by atoms with Gasteiger partial charge in [-0.2, -0.15) is 21.6 Å². The molecule has 0 unspecified atom stereocenters. The standard InChI is InChI=1S/C19H12BrClF3NO3S/c20-14-3-7-16(8-4-14)29(26,27)28-15-5-1-12(2-6-15)9-18-17(21)10-13(11-25-18)19(22,23)24/h1-8,10-11H,9H2. The number of pyridine rings is 1. The van der Waals surface area contributed by atoms with Gasteiger partial charge in [-0.05, 0) is 48.0 Å². The minimum atomic E-state index is -4.52. The Kier molecular flexibility index (Phi) is 6.21. The largest absolute Gasteiger partial charge is 0.417 e.